The molecule has 4 atom stereocenters. The number of rotatable bonds is 6. The molecule has 1 saturated heterocycles. The van der Waals surface area contributed by atoms with Gasteiger partial charge in [0.15, 0.2) is 18.4 Å². The number of ether oxygens (including phenoxy) is 4. The minimum Gasteiger partial charge on any atom is -0.463 e. The first-order chi connectivity index (χ1) is 15.1. The molecular formula is C16H19N3O10. The molecule has 13 nitrogen and oxygen atoms in total. The van der Waals surface area contributed by atoms with E-state index in [-0.39, 0.29) is 0 Å². The molecule has 1 amide bonds. The van der Waals surface area contributed by atoms with Crippen LogP contribution in [0.2, 0.25) is 0 Å². The van der Waals surface area contributed by atoms with E-state index in [0.717, 1.165) is 6.20 Å². The molecule has 1 aromatic heterocycles. The molecule has 0 spiro atoms. The zero-order valence-corrected chi connectivity index (χ0v) is 14.8. The molecule has 1 aliphatic rings. The van der Waals surface area contributed by atoms with Gasteiger partial charge in [0.1, 0.15) is 18.3 Å². The van der Waals surface area contributed by atoms with E-state index in [1.807, 2.05) is 4.98 Å². The summed E-state index contributed by atoms with van der Waals surface area (Å²) in [4.78, 5) is 72.4. The van der Waals surface area contributed by atoms with Crippen LogP contribution in [0.5, 0.6) is 0 Å². The van der Waals surface area contributed by atoms with E-state index in [0.29, 0.717) is 4.57 Å². The van der Waals surface area contributed by atoms with Crippen LogP contribution in [-0.2, 0) is 33.3 Å². The Morgan fingerprint density at radius 1 is 1.14 bits per heavy atom. The monoisotopic (exact) mass is 416 g/mol. The minimum atomic E-state index is -1.61. The Kier molecular flexibility index (Phi) is 5.27. The summed E-state index contributed by atoms with van der Waals surface area (Å²) in [5, 5.41) is 0. The van der Waals surface area contributed by atoms with E-state index >= 15 is 0 Å². The fourth-order valence-corrected chi connectivity index (χ4v) is 2.66. The van der Waals surface area contributed by atoms with Crippen molar-refractivity contribution in [3.63, 3.8) is 0 Å². The van der Waals surface area contributed by atoms with Gasteiger partial charge in [0, 0.05) is 31.0 Å². The van der Waals surface area contributed by atoms with Crippen molar-refractivity contribution in [2.24, 2.45) is 5.73 Å². The second-order valence-corrected chi connectivity index (χ2v) is 5.73. The molecule has 0 aromatic carbocycles. The SMILES string of the molecule is [2H]CC(=O)OC[C@H]1OC(n2cc(C(N)=O)c(=O)[nH]c2=O)[C@H](OC(=O)C[2H])[C@H]1OC(=O)C[2H]. The van der Waals surface area contributed by atoms with Crippen molar-refractivity contribution in [3.8, 4) is 0 Å². The maximum absolute atomic E-state index is 12.4. The number of aromatic amines is 1. The molecular weight excluding hydrogens is 394 g/mol. The van der Waals surface area contributed by atoms with Crippen LogP contribution in [0, 0.1) is 0 Å². The van der Waals surface area contributed by atoms with Crippen molar-refractivity contribution in [2.75, 3.05) is 6.61 Å². The highest BCUT2D eigenvalue weighted by atomic mass is 16.7. The van der Waals surface area contributed by atoms with Gasteiger partial charge in [-0.1, -0.05) is 0 Å². The first kappa shape index (κ1) is 17.6. The van der Waals surface area contributed by atoms with E-state index in [1.165, 1.54) is 0 Å². The van der Waals surface area contributed by atoms with Crippen LogP contribution in [0.4, 0.5) is 0 Å². The maximum atomic E-state index is 12.4. The number of aromatic nitrogens is 2. The van der Waals surface area contributed by atoms with Gasteiger partial charge in [-0.3, -0.25) is 33.5 Å². The molecule has 1 aliphatic heterocycles. The van der Waals surface area contributed by atoms with Gasteiger partial charge in [0.2, 0.25) is 0 Å². The van der Waals surface area contributed by atoms with Crippen molar-refractivity contribution in [2.45, 2.75) is 45.2 Å². The van der Waals surface area contributed by atoms with Gasteiger partial charge >= 0.3 is 23.6 Å². The molecule has 13 heteroatoms. The second kappa shape index (κ2) is 8.68. The lowest BCUT2D eigenvalue weighted by Gasteiger charge is -2.24. The number of H-pyrrole nitrogens is 1. The lowest BCUT2D eigenvalue weighted by atomic mass is 10.1. The van der Waals surface area contributed by atoms with E-state index in [2.05, 4.69) is 0 Å². The highest BCUT2D eigenvalue weighted by Crippen LogP contribution is 2.33. The van der Waals surface area contributed by atoms with Gasteiger partial charge in [-0.2, -0.15) is 0 Å². The normalized spacial score (nSPS) is 24.6. The smallest absolute Gasteiger partial charge is 0.330 e. The molecule has 158 valence electrons. The minimum absolute atomic E-state index is 0.597. The zero-order chi connectivity index (χ0) is 24.0. The average molecular weight is 416 g/mol. The summed E-state index contributed by atoms with van der Waals surface area (Å²) >= 11 is 0. The molecule has 1 unspecified atom stereocenters. The van der Waals surface area contributed by atoms with E-state index in [4.69, 9.17) is 28.8 Å². The summed E-state index contributed by atoms with van der Waals surface area (Å²) in [6.07, 6.45) is -5.33. The number of hydrogen-bond acceptors (Lipinski definition) is 10. The number of hydrogen-bond donors (Lipinski definition) is 2. The standard InChI is InChI=1S/C16H19N3O10/c1-6(20)26-5-10-11(27-7(2)21)12(28-8(3)22)15(29-10)19-4-9(13(17)23)14(24)18-16(19)25/h4,10-12,15H,5H2,1-3H3,(H2,17,23)(H,18,24,25)/t10-,11+,12-,15?/m1/s1/i1D,2D,3D. The second-order valence-electron chi connectivity index (χ2n) is 5.73. The Bertz CT molecular complexity index is 1010. The molecule has 0 aliphatic carbocycles. The summed E-state index contributed by atoms with van der Waals surface area (Å²) in [5.74, 6) is -4.32. The number of nitrogens with zero attached hydrogens (tertiary/aromatic N) is 1. The molecule has 0 saturated carbocycles. The summed E-state index contributed by atoms with van der Waals surface area (Å²) in [7, 11) is 0. The molecule has 0 radical (unpaired) electrons. The number of carbonyl (C=O) groups is 4. The first-order valence-electron chi connectivity index (χ1n) is 9.98. The fourth-order valence-electron chi connectivity index (χ4n) is 2.66. The van der Waals surface area contributed by atoms with Gasteiger partial charge in [0.25, 0.3) is 11.5 Å². The number of primary amides is 1. The van der Waals surface area contributed by atoms with Crippen LogP contribution in [0.1, 0.15) is 41.4 Å². The van der Waals surface area contributed by atoms with Gasteiger partial charge in [-0.25, -0.2) is 4.79 Å². The van der Waals surface area contributed by atoms with Gasteiger partial charge in [-0.05, 0) is 0 Å². The van der Waals surface area contributed by atoms with Crippen LogP contribution in [-0.4, -0.2) is 58.3 Å². The third-order valence-corrected chi connectivity index (χ3v) is 3.74. The van der Waals surface area contributed by atoms with E-state index < -0.39 is 92.5 Å². The Morgan fingerprint density at radius 3 is 2.34 bits per heavy atom. The summed E-state index contributed by atoms with van der Waals surface area (Å²) in [5.41, 5.74) is 2.28. The molecule has 29 heavy (non-hydrogen) atoms. The van der Waals surface area contributed by atoms with E-state index in [1.54, 1.807) is 0 Å². The summed E-state index contributed by atoms with van der Waals surface area (Å²) in [6, 6.07) is 0. The molecule has 1 aromatic rings. The first-order valence-corrected chi connectivity index (χ1v) is 7.85. The van der Waals surface area contributed by atoms with Crippen LogP contribution < -0.4 is 17.0 Å². The molecule has 1 fully saturated rings. The predicted octanol–water partition coefficient (Wildman–Crippen LogP) is -2.04. The van der Waals surface area contributed by atoms with E-state index in [9.17, 15) is 28.8 Å². The Balaban J connectivity index is 2.54. The van der Waals surface area contributed by atoms with Crippen LogP contribution in [0.15, 0.2) is 15.8 Å². The van der Waals surface area contributed by atoms with Crippen molar-refractivity contribution < 1.29 is 42.2 Å². The van der Waals surface area contributed by atoms with Crippen molar-refractivity contribution >= 4 is 23.8 Å². The van der Waals surface area contributed by atoms with Crippen LogP contribution in [0.25, 0.3) is 0 Å². The predicted molar refractivity (Wildman–Crippen MR) is 91.5 cm³/mol. The third-order valence-electron chi connectivity index (χ3n) is 3.74. The Hall–Kier alpha value is -3.48. The summed E-state index contributed by atoms with van der Waals surface area (Å²) < 4.78 is 42.5. The largest absolute Gasteiger partial charge is 0.463 e. The average Bonchev–Trinajstić information content (AvgIpc) is 3.08. The molecule has 3 N–H and O–H groups in total. The topological polar surface area (TPSA) is 186 Å². The number of carbonyl (C=O) groups excluding carboxylic acids is 4. The van der Waals surface area contributed by atoms with Gasteiger partial charge in [-0.15, -0.1) is 0 Å². The number of nitrogens with two attached hydrogens (primary N) is 1. The molecule has 0 bridgehead atoms. The third kappa shape index (κ3) is 5.07. The van der Waals surface area contributed by atoms with Crippen LogP contribution >= 0.6 is 0 Å². The van der Waals surface area contributed by atoms with Gasteiger partial charge in [0.05, 0.1) is 0 Å². The fraction of sp³-hybridized carbons (Fsp3) is 0.500. The molecule has 2 heterocycles. The van der Waals surface area contributed by atoms with Gasteiger partial charge < -0.3 is 24.7 Å². The maximum Gasteiger partial charge on any atom is 0.330 e. The quantitative estimate of drug-likeness (QED) is 0.386. The number of nitrogens with one attached hydrogen (secondary N) is 1. The number of esters is 3. The highest BCUT2D eigenvalue weighted by Gasteiger charge is 2.51. The van der Waals surface area contributed by atoms with Crippen molar-refractivity contribution in [3.05, 3.63) is 32.6 Å². The lowest BCUT2D eigenvalue weighted by molar-refractivity contribution is -0.166. The van der Waals surface area contributed by atoms with Crippen molar-refractivity contribution in [1.82, 2.24) is 9.55 Å². The highest BCUT2D eigenvalue weighted by molar-refractivity contribution is 5.91. The Labute approximate surface area is 166 Å². The Morgan fingerprint density at radius 2 is 1.76 bits per heavy atom. The summed E-state index contributed by atoms with van der Waals surface area (Å²) in [6.45, 7) is -3.01. The van der Waals surface area contributed by atoms with Crippen LogP contribution in [0.3, 0.4) is 0 Å². The zero-order valence-electron chi connectivity index (χ0n) is 17.8. The molecule has 2 rings (SSSR count). The lowest BCUT2D eigenvalue weighted by Crippen LogP contribution is -2.43. The number of amides is 1. The van der Waals surface area contributed by atoms with Crippen molar-refractivity contribution in [1.29, 1.82) is 0 Å².